The van der Waals surface area contributed by atoms with E-state index < -0.39 is 17.5 Å². The van der Waals surface area contributed by atoms with Crippen LogP contribution in [0.15, 0.2) is 54.7 Å². The maximum Gasteiger partial charge on any atom is 0.257 e. The maximum absolute atomic E-state index is 13.8. The van der Waals surface area contributed by atoms with Crippen molar-refractivity contribution in [2.45, 2.75) is 44.2 Å². The van der Waals surface area contributed by atoms with Gasteiger partial charge in [-0.15, -0.1) is 0 Å². The Morgan fingerprint density at radius 3 is 2.31 bits per heavy atom. The number of carbonyl (C=O) groups excluding carboxylic acids is 2. The predicted octanol–water partition coefficient (Wildman–Crippen LogP) is 4.91. The molecule has 3 aromatic rings. The van der Waals surface area contributed by atoms with Crippen molar-refractivity contribution in [1.29, 1.82) is 0 Å². The number of phenolic OH excluding ortho intramolecular Hbond substituents is 1. The molecule has 1 aliphatic rings. The number of hydrogen-bond donors (Lipinski definition) is 3. The third-order valence-corrected chi connectivity index (χ3v) is 6.20. The second kappa shape index (κ2) is 11.3. The summed E-state index contributed by atoms with van der Waals surface area (Å²) in [4.78, 5) is 29.2. The third kappa shape index (κ3) is 6.69. The Morgan fingerprint density at radius 1 is 0.972 bits per heavy atom. The fourth-order valence-corrected chi connectivity index (χ4v) is 4.26. The molecule has 0 spiro atoms. The molecule has 1 aromatic heterocycles. The number of rotatable bonds is 7. The molecule has 10 heteroatoms. The SMILES string of the molecule is O=C(Cc1ccc(O)c(Cl)c1)NC1CCC(NC(=O)c2cc(F)cnc2Oc2ccc(F)cc2)CC1. The molecule has 2 amide bonds. The van der Waals surface area contributed by atoms with Gasteiger partial charge in [-0.2, -0.15) is 0 Å². The van der Waals surface area contributed by atoms with Crippen molar-refractivity contribution in [3.63, 3.8) is 0 Å². The zero-order chi connectivity index (χ0) is 25.7. The first-order chi connectivity index (χ1) is 17.3. The van der Waals surface area contributed by atoms with Crippen LogP contribution in [0.5, 0.6) is 17.4 Å². The van der Waals surface area contributed by atoms with E-state index in [1.54, 1.807) is 12.1 Å². The molecule has 0 aliphatic heterocycles. The van der Waals surface area contributed by atoms with Crippen LogP contribution in [-0.2, 0) is 11.2 Å². The number of ether oxygens (including phenoxy) is 1. The van der Waals surface area contributed by atoms with Crippen LogP contribution in [0.1, 0.15) is 41.6 Å². The maximum atomic E-state index is 13.8. The van der Waals surface area contributed by atoms with Crippen LogP contribution in [0.2, 0.25) is 5.02 Å². The van der Waals surface area contributed by atoms with E-state index in [-0.39, 0.29) is 52.4 Å². The standard InChI is InChI=1S/C26H24ClF2N3O4/c27-22-11-15(1-10-23(22)33)12-24(34)31-18-4-6-19(7-5-18)32-25(35)21-13-17(29)14-30-26(21)36-20-8-2-16(28)3-9-20/h1-3,8-11,13-14,18-19,33H,4-7,12H2,(H,31,34)(H,32,35). The Hall–Kier alpha value is -3.72. The van der Waals surface area contributed by atoms with E-state index in [1.165, 1.54) is 30.3 Å². The van der Waals surface area contributed by atoms with Gasteiger partial charge in [0, 0.05) is 12.1 Å². The fourth-order valence-electron chi connectivity index (χ4n) is 4.05. The largest absolute Gasteiger partial charge is 0.506 e. The number of aromatic nitrogens is 1. The molecule has 0 unspecified atom stereocenters. The van der Waals surface area contributed by atoms with E-state index in [2.05, 4.69) is 15.6 Å². The zero-order valence-corrected chi connectivity index (χ0v) is 19.9. The normalized spacial score (nSPS) is 17.3. The fraction of sp³-hybridized carbons (Fsp3) is 0.269. The van der Waals surface area contributed by atoms with Crippen molar-refractivity contribution in [3.05, 3.63) is 82.5 Å². The summed E-state index contributed by atoms with van der Waals surface area (Å²) < 4.78 is 32.6. The average Bonchev–Trinajstić information content (AvgIpc) is 2.85. The molecule has 36 heavy (non-hydrogen) atoms. The number of amides is 2. The van der Waals surface area contributed by atoms with Gasteiger partial charge in [-0.05, 0) is 73.7 Å². The molecule has 4 rings (SSSR count). The van der Waals surface area contributed by atoms with E-state index >= 15 is 0 Å². The number of phenols is 1. The highest BCUT2D eigenvalue weighted by molar-refractivity contribution is 6.32. The Kier molecular flexibility index (Phi) is 8.00. The molecule has 0 atom stereocenters. The monoisotopic (exact) mass is 515 g/mol. The van der Waals surface area contributed by atoms with E-state index in [0.717, 1.165) is 12.3 Å². The Morgan fingerprint density at radius 2 is 1.64 bits per heavy atom. The smallest absolute Gasteiger partial charge is 0.257 e. The van der Waals surface area contributed by atoms with Crippen molar-refractivity contribution < 1.29 is 28.2 Å². The molecule has 0 saturated heterocycles. The second-order valence-corrected chi connectivity index (χ2v) is 9.02. The third-order valence-electron chi connectivity index (χ3n) is 5.89. The molecule has 1 aliphatic carbocycles. The molecule has 1 heterocycles. The summed E-state index contributed by atoms with van der Waals surface area (Å²) in [5.41, 5.74) is 0.626. The number of hydrogen-bond acceptors (Lipinski definition) is 5. The topological polar surface area (TPSA) is 101 Å². The Balaban J connectivity index is 1.30. The predicted molar refractivity (Wildman–Crippen MR) is 129 cm³/mol. The highest BCUT2D eigenvalue weighted by Crippen LogP contribution is 2.26. The van der Waals surface area contributed by atoms with Crippen molar-refractivity contribution in [1.82, 2.24) is 15.6 Å². The van der Waals surface area contributed by atoms with Crippen LogP contribution < -0.4 is 15.4 Å². The van der Waals surface area contributed by atoms with Crippen LogP contribution in [0.3, 0.4) is 0 Å². The molecular weight excluding hydrogens is 492 g/mol. The summed E-state index contributed by atoms with van der Waals surface area (Å²) >= 11 is 5.89. The Bertz CT molecular complexity index is 1250. The minimum absolute atomic E-state index is 0.0357. The number of pyridine rings is 1. The summed E-state index contributed by atoms with van der Waals surface area (Å²) in [6, 6.07) is 10.7. The van der Waals surface area contributed by atoms with Crippen LogP contribution >= 0.6 is 11.6 Å². The van der Waals surface area contributed by atoms with Crippen LogP contribution in [0, 0.1) is 11.6 Å². The molecule has 2 aromatic carbocycles. The summed E-state index contributed by atoms with van der Waals surface area (Å²) in [5, 5.41) is 15.6. The van der Waals surface area contributed by atoms with Crippen molar-refractivity contribution in [3.8, 4) is 17.4 Å². The van der Waals surface area contributed by atoms with Gasteiger partial charge in [0.05, 0.1) is 17.6 Å². The summed E-state index contributed by atoms with van der Waals surface area (Å²) in [7, 11) is 0. The lowest BCUT2D eigenvalue weighted by Crippen LogP contribution is -2.44. The van der Waals surface area contributed by atoms with Crippen LogP contribution in [0.25, 0.3) is 0 Å². The minimum Gasteiger partial charge on any atom is -0.506 e. The molecule has 1 fully saturated rings. The van der Waals surface area contributed by atoms with Crippen LogP contribution in [-0.4, -0.2) is 34.0 Å². The Labute approximate surface area is 211 Å². The van der Waals surface area contributed by atoms with E-state index in [0.29, 0.717) is 31.2 Å². The van der Waals surface area contributed by atoms with E-state index in [1.807, 2.05) is 0 Å². The van der Waals surface area contributed by atoms with Gasteiger partial charge in [0.15, 0.2) is 0 Å². The van der Waals surface area contributed by atoms with Gasteiger partial charge in [0.25, 0.3) is 5.91 Å². The lowest BCUT2D eigenvalue weighted by Gasteiger charge is -2.29. The highest BCUT2D eigenvalue weighted by atomic mass is 35.5. The van der Waals surface area contributed by atoms with Gasteiger partial charge < -0.3 is 20.5 Å². The van der Waals surface area contributed by atoms with Crippen molar-refractivity contribution in [2.24, 2.45) is 0 Å². The van der Waals surface area contributed by atoms with Gasteiger partial charge in [0.2, 0.25) is 11.8 Å². The average molecular weight is 516 g/mol. The van der Waals surface area contributed by atoms with E-state index in [9.17, 15) is 23.5 Å². The summed E-state index contributed by atoms with van der Waals surface area (Å²) in [6.45, 7) is 0. The molecule has 1 saturated carbocycles. The number of nitrogens with one attached hydrogen (secondary N) is 2. The molecular formula is C26H24ClF2N3O4. The lowest BCUT2D eigenvalue weighted by atomic mass is 9.90. The summed E-state index contributed by atoms with van der Waals surface area (Å²) in [6.07, 6.45) is 3.65. The van der Waals surface area contributed by atoms with Gasteiger partial charge in [-0.1, -0.05) is 17.7 Å². The van der Waals surface area contributed by atoms with E-state index in [4.69, 9.17) is 16.3 Å². The first-order valence-electron chi connectivity index (χ1n) is 11.4. The molecule has 7 nitrogen and oxygen atoms in total. The van der Waals surface area contributed by atoms with Gasteiger partial charge >= 0.3 is 0 Å². The minimum atomic E-state index is -0.687. The number of nitrogens with zero attached hydrogens (tertiary/aromatic N) is 1. The number of carbonyl (C=O) groups is 2. The first-order valence-corrected chi connectivity index (χ1v) is 11.8. The molecule has 188 valence electrons. The van der Waals surface area contributed by atoms with Gasteiger partial charge in [0.1, 0.15) is 28.7 Å². The number of halogens is 3. The molecule has 3 N–H and O–H groups in total. The van der Waals surface area contributed by atoms with Gasteiger partial charge in [-0.25, -0.2) is 13.8 Å². The zero-order valence-electron chi connectivity index (χ0n) is 19.1. The highest BCUT2D eigenvalue weighted by Gasteiger charge is 2.25. The first kappa shape index (κ1) is 25.4. The van der Waals surface area contributed by atoms with Crippen LogP contribution in [0.4, 0.5) is 8.78 Å². The number of benzene rings is 2. The summed E-state index contributed by atoms with van der Waals surface area (Å²) in [5.74, 6) is -1.68. The second-order valence-electron chi connectivity index (χ2n) is 8.61. The lowest BCUT2D eigenvalue weighted by molar-refractivity contribution is -0.121. The quantitative estimate of drug-likeness (QED) is 0.415. The molecule has 0 radical (unpaired) electrons. The van der Waals surface area contributed by atoms with Gasteiger partial charge in [-0.3, -0.25) is 9.59 Å². The number of aromatic hydroxyl groups is 1. The molecule has 0 bridgehead atoms. The van der Waals surface area contributed by atoms with Crippen molar-refractivity contribution >= 4 is 23.4 Å². The van der Waals surface area contributed by atoms with Crippen molar-refractivity contribution in [2.75, 3.05) is 0 Å².